The molecule has 3 rings (SSSR count). The number of carbonyl (C=O) groups is 2. The van der Waals surface area contributed by atoms with Crippen molar-refractivity contribution in [2.45, 2.75) is 13.8 Å². The van der Waals surface area contributed by atoms with E-state index < -0.39 is 18.5 Å². The summed E-state index contributed by atoms with van der Waals surface area (Å²) in [4.78, 5) is 24.5. The quantitative estimate of drug-likeness (QED) is 0.369. The van der Waals surface area contributed by atoms with Crippen molar-refractivity contribution in [3.8, 4) is 5.75 Å². The molecule has 1 amide bonds. The smallest absolute Gasteiger partial charge is 0.375 e. The van der Waals surface area contributed by atoms with Crippen LogP contribution >= 0.6 is 34.8 Å². The van der Waals surface area contributed by atoms with Crippen molar-refractivity contribution >= 4 is 63.3 Å². The molecule has 1 N–H and O–H groups in total. The van der Waals surface area contributed by atoms with Crippen LogP contribution in [-0.4, -0.2) is 25.1 Å². The molecule has 0 spiro atoms. The van der Waals surface area contributed by atoms with E-state index in [1.165, 1.54) is 12.1 Å². The monoisotopic (exact) mass is 455 g/mol. The topological polar surface area (TPSA) is 77.8 Å². The summed E-state index contributed by atoms with van der Waals surface area (Å²) in [5.41, 5.74) is 1.37. The zero-order valence-corrected chi connectivity index (χ0v) is 17.7. The standard InChI is InChI=1S/C20H16Cl3NO5/c1-3-27-11-4-5-17-12(6-11)10(2)19(29-17)20(26)28-9-18(25)24-16-8-14(22)13(21)7-15(16)23/h4-8H,3,9H2,1-2H3,(H,24,25). The number of furan rings is 1. The molecule has 9 heteroatoms. The van der Waals surface area contributed by atoms with Crippen LogP contribution in [0.2, 0.25) is 15.1 Å². The summed E-state index contributed by atoms with van der Waals surface area (Å²) in [6.45, 7) is 3.60. The molecule has 0 saturated heterocycles. The summed E-state index contributed by atoms with van der Waals surface area (Å²) in [7, 11) is 0. The second kappa shape index (κ2) is 8.95. The van der Waals surface area contributed by atoms with Gasteiger partial charge in [0.1, 0.15) is 11.3 Å². The fourth-order valence-electron chi connectivity index (χ4n) is 2.65. The lowest BCUT2D eigenvalue weighted by atomic mass is 10.1. The normalized spacial score (nSPS) is 10.8. The summed E-state index contributed by atoms with van der Waals surface area (Å²) < 4.78 is 16.1. The number of fused-ring (bicyclic) bond motifs is 1. The van der Waals surface area contributed by atoms with Crippen LogP contribution in [0.5, 0.6) is 5.75 Å². The maximum Gasteiger partial charge on any atom is 0.375 e. The summed E-state index contributed by atoms with van der Waals surface area (Å²) >= 11 is 17.8. The van der Waals surface area contributed by atoms with Gasteiger partial charge in [0.25, 0.3) is 5.91 Å². The highest BCUT2D eigenvalue weighted by molar-refractivity contribution is 6.44. The van der Waals surface area contributed by atoms with Gasteiger partial charge in [-0.15, -0.1) is 0 Å². The van der Waals surface area contributed by atoms with Gasteiger partial charge in [0, 0.05) is 10.9 Å². The highest BCUT2D eigenvalue weighted by Gasteiger charge is 2.21. The number of nitrogens with one attached hydrogen (secondary N) is 1. The lowest BCUT2D eigenvalue weighted by molar-refractivity contribution is -0.119. The van der Waals surface area contributed by atoms with Crippen molar-refractivity contribution in [2.24, 2.45) is 0 Å². The minimum absolute atomic E-state index is 0.0222. The van der Waals surface area contributed by atoms with Crippen molar-refractivity contribution in [2.75, 3.05) is 18.5 Å². The number of carbonyl (C=O) groups excluding carboxylic acids is 2. The molecule has 29 heavy (non-hydrogen) atoms. The lowest BCUT2D eigenvalue weighted by Crippen LogP contribution is -2.21. The zero-order valence-electron chi connectivity index (χ0n) is 15.5. The van der Waals surface area contributed by atoms with Crippen LogP contribution in [0.15, 0.2) is 34.7 Å². The molecule has 0 saturated carbocycles. The van der Waals surface area contributed by atoms with Crippen molar-refractivity contribution in [3.63, 3.8) is 0 Å². The number of ether oxygens (including phenoxy) is 2. The first-order valence-electron chi connectivity index (χ1n) is 8.57. The van der Waals surface area contributed by atoms with Gasteiger partial charge in [-0.2, -0.15) is 0 Å². The van der Waals surface area contributed by atoms with Gasteiger partial charge in [-0.25, -0.2) is 4.79 Å². The van der Waals surface area contributed by atoms with Crippen LogP contribution in [0, 0.1) is 6.92 Å². The maximum atomic E-state index is 12.4. The molecule has 152 valence electrons. The molecule has 1 aromatic heterocycles. The van der Waals surface area contributed by atoms with Gasteiger partial charge >= 0.3 is 5.97 Å². The summed E-state index contributed by atoms with van der Waals surface area (Å²) in [6, 6.07) is 8.06. The van der Waals surface area contributed by atoms with E-state index >= 15 is 0 Å². The first kappa shape index (κ1) is 21.3. The van der Waals surface area contributed by atoms with Crippen LogP contribution in [-0.2, 0) is 9.53 Å². The van der Waals surface area contributed by atoms with Crippen LogP contribution in [0.4, 0.5) is 5.69 Å². The number of hydrogen-bond donors (Lipinski definition) is 1. The number of esters is 1. The second-order valence-electron chi connectivity index (χ2n) is 6.02. The maximum absolute atomic E-state index is 12.4. The van der Waals surface area contributed by atoms with Gasteiger partial charge < -0.3 is 19.2 Å². The summed E-state index contributed by atoms with van der Waals surface area (Å²) in [6.07, 6.45) is 0. The molecule has 0 aliphatic heterocycles. The molecule has 0 aliphatic carbocycles. The molecule has 0 aliphatic rings. The number of aryl methyl sites for hydroxylation is 1. The van der Waals surface area contributed by atoms with Crippen molar-refractivity contribution in [1.29, 1.82) is 0 Å². The van der Waals surface area contributed by atoms with Gasteiger partial charge in [0.15, 0.2) is 6.61 Å². The van der Waals surface area contributed by atoms with E-state index in [4.69, 9.17) is 48.7 Å². The Morgan fingerprint density at radius 1 is 1.07 bits per heavy atom. The first-order chi connectivity index (χ1) is 13.8. The Hall–Kier alpha value is -2.41. The van der Waals surface area contributed by atoms with Gasteiger partial charge in [-0.3, -0.25) is 4.79 Å². The lowest BCUT2D eigenvalue weighted by Gasteiger charge is -2.09. The molecular weight excluding hydrogens is 441 g/mol. The van der Waals surface area contributed by atoms with E-state index in [0.717, 1.165) is 5.39 Å². The fraction of sp³-hybridized carbons (Fsp3) is 0.200. The van der Waals surface area contributed by atoms with Crippen LogP contribution in [0.1, 0.15) is 23.0 Å². The number of anilines is 1. The Morgan fingerprint density at radius 3 is 2.52 bits per heavy atom. The third-order valence-corrected chi connectivity index (χ3v) is 5.06. The number of halogens is 3. The largest absolute Gasteiger partial charge is 0.494 e. The summed E-state index contributed by atoms with van der Waals surface area (Å²) in [5.74, 6) is -0.659. The van der Waals surface area contributed by atoms with E-state index in [9.17, 15) is 9.59 Å². The van der Waals surface area contributed by atoms with Crippen molar-refractivity contribution in [1.82, 2.24) is 0 Å². The molecule has 0 atom stereocenters. The predicted octanol–water partition coefficient (Wildman–Crippen LogP) is 5.90. The van der Waals surface area contributed by atoms with Gasteiger partial charge in [0.2, 0.25) is 5.76 Å². The average molecular weight is 457 g/mol. The number of rotatable bonds is 6. The average Bonchev–Trinajstić information content (AvgIpc) is 3.01. The number of benzene rings is 2. The van der Waals surface area contributed by atoms with Crippen molar-refractivity contribution in [3.05, 3.63) is 56.7 Å². The van der Waals surface area contributed by atoms with Gasteiger partial charge in [-0.05, 0) is 44.2 Å². The molecule has 6 nitrogen and oxygen atoms in total. The van der Waals surface area contributed by atoms with Gasteiger partial charge in [0.05, 0.1) is 27.4 Å². The molecule has 3 aromatic rings. The third-order valence-electron chi connectivity index (χ3n) is 4.02. The molecular formula is C20H16Cl3NO5. The van der Waals surface area contributed by atoms with E-state index in [-0.39, 0.29) is 26.5 Å². The van der Waals surface area contributed by atoms with Crippen molar-refractivity contribution < 1.29 is 23.5 Å². The summed E-state index contributed by atoms with van der Waals surface area (Å²) in [5, 5.41) is 3.93. The molecule has 0 unspecified atom stereocenters. The highest BCUT2D eigenvalue weighted by Crippen LogP contribution is 2.32. The Balaban J connectivity index is 1.68. The van der Waals surface area contributed by atoms with Gasteiger partial charge in [-0.1, -0.05) is 34.8 Å². The Bertz CT molecular complexity index is 1090. The van der Waals surface area contributed by atoms with E-state index in [2.05, 4.69) is 5.32 Å². The minimum atomic E-state index is -0.757. The predicted molar refractivity (Wildman–Crippen MR) is 113 cm³/mol. The SMILES string of the molecule is CCOc1ccc2oc(C(=O)OCC(=O)Nc3cc(Cl)c(Cl)cc3Cl)c(C)c2c1. The van der Waals surface area contributed by atoms with Crippen LogP contribution in [0.3, 0.4) is 0 Å². The molecule has 2 aromatic carbocycles. The molecule has 0 fully saturated rings. The Kier molecular flexibility index (Phi) is 6.57. The first-order valence-corrected chi connectivity index (χ1v) is 9.71. The molecule has 0 bridgehead atoms. The Morgan fingerprint density at radius 2 is 1.79 bits per heavy atom. The minimum Gasteiger partial charge on any atom is -0.494 e. The third kappa shape index (κ3) is 4.78. The fourth-order valence-corrected chi connectivity index (χ4v) is 3.25. The van der Waals surface area contributed by atoms with E-state index in [0.29, 0.717) is 23.5 Å². The van der Waals surface area contributed by atoms with Crippen LogP contribution in [0.25, 0.3) is 11.0 Å². The Labute approximate surface area is 181 Å². The van der Waals surface area contributed by atoms with E-state index in [1.807, 2.05) is 6.92 Å². The second-order valence-corrected chi connectivity index (χ2v) is 7.24. The van der Waals surface area contributed by atoms with Crippen LogP contribution < -0.4 is 10.1 Å². The highest BCUT2D eigenvalue weighted by atomic mass is 35.5. The number of hydrogen-bond acceptors (Lipinski definition) is 5. The number of amides is 1. The molecule has 1 heterocycles. The molecule has 0 radical (unpaired) electrons. The zero-order chi connectivity index (χ0) is 21.1. The van der Waals surface area contributed by atoms with E-state index in [1.54, 1.807) is 25.1 Å².